The van der Waals surface area contributed by atoms with Gasteiger partial charge in [-0.15, -0.1) is 0 Å². The molecular formula is C20H19F2NZr. The molecule has 122 valence electrons. The molecular weight excluding hydrogens is 383 g/mol. The van der Waals surface area contributed by atoms with Crippen LogP contribution in [0.15, 0.2) is 58.2 Å². The van der Waals surface area contributed by atoms with Crippen molar-refractivity contribution in [3.8, 4) is 0 Å². The van der Waals surface area contributed by atoms with Crippen LogP contribution < -0.4 is 9.41 Å². The summed E-state index contributed by atoms with van der Waals surface area (Å²) in [5.74, 6) is 0. The molecule has 1 unspecified atom stereocenters. The van der Waals surface area contributed by atoms with Crippen molar-refractivity contribution >= 4 is 11.8 Å². The molecule has 0 aliphatic heterocycles. The zero-order valence-corrected chi connectivity index (χ0v) is 16.2. The zero-order chi connectivity index (χ0) is 15.1. The van der Waals surface area contributed by atoms with E-state index in [1.165, 1.54) is 28.8 Å². The molecule has 1 atom stereocenters. The second-order valence-corrected chi connectivity index (χ2v) is 9.80. The van der Waals surface area contributed by atoms with Gasteiger partial charge in [0.15, 0.2) is 0 Å². The minimum absolute atomic E-state index is 0. The van der Waals surface area contributed by atoms with Gasteiger partial charge in [-0.3, -0.25) is 0 Å². The third kappa shape index (κ3) is 3.17. The van der Waals surface area contributed by atoms with Crippen LogP contribution in [0, 0.1) is 13.8 Å². The van der Waals surface area contributed by atoms with Crippen LogP contribution >= 0.6 is 0 Å². The van der Waals surface area contributed by atoms with Crippen LogP contribution in [0.1, 0.15) is 32.3 Å². The Morgan fingerprint density at radius 2 is 1.75 bits per heavy atom. The van der Waals surface area contributed by atoms with Crippen LogP contribution in [0.5, 0.6) is 0 Å². The van der Waals surface area contributed by atoms with Gasteiger partial charge >= 0.3 is 144 Å². The number of halogens is 2. The van der Waals surface area contributed by atoms with Crippen molar-refractivity contribution in [1.29, 1.82) is 0 Å². The second-order valence-electron chi connectivity index (χ2n) is 6.09. The van der Waals surface area contributed by atoms with Gasteiger partial charge in [-0.25, -0.2) is 0 Å². The van der Waals surface area contributed by atoms with E-state index in [-0.39, 0.29) is 9.41 Å². The van der Waals surface area contributed by atoms with Gasteiger partial charge in [0.1, 0.15) is 0 Å². The molecule has 24 heavy (non-hydrogen) atoms. The fourth-order valence-corrected chi connectivity index (χ4v) is 7.62. The minimum Gasteiger partial charge on any atom is -1.00 e. The molecule has 2 aliphatic rings. The van der Waals surface area contributed by atoms with Crippen LogP contribution in [0.25, 0.3) is 11.8 Å². The van der Waals surface area contributed by atoms with Crippen molar-refractivity contribution in [3.63, 3.8) is 0 Å². The van der Waals surface area contributed by atoms with Gasteiger partial charge < -0.3 is 9.41 Å². The molecule has 1 aromatic carbocycles. The fourth-order valence-electron chi connectivity index (χ4n) is 3.42. The smallest absolute Gasteiger partial charge is 1.00 e. The summed E-state index contributed by atoms with van der Waals surface area (Å²) in [6, 6.07) is 8.82. The Morgan fingerprint density at radius 1 is 1.04 bits per heavy atom. The van der Waals surface area contributed by atoms with Crippen molar-refractivity contribution in [1.82, 2.24) is 4.57 Å². The van der Waals surface area contributed by atoms with Gasteiger partial charge in [-0.2, -0.15) is 0 Å². The number of allylic oxidation sites excluding steroid dienone is 5. The summed E-state index contributed by atoms with van der Waals surface area (Å²) in [5, 5.41) is 0. The van der Waals surface area contributed by atoms with Crippen LogP contribution in [0.4, 0.5) is 0 Å². The maximum absolute atomic E-state index is 2.44. The van der Waals surface area contributed by atoms with E-state index in [9.17, 15) is 0 Å². The van der Waals surface area contributed by atoms with E-state index in [0.717, 1.165) is 0 Å². The van der Waals surface area contributed by atoms with Crippen LogP contribution in [-0.4, -0.2) is 4.57 Å². The number of aryl methyl sites for hydroxylation is 2. The standard InChI is InChI=1S/C15H14N.C5H5.2FH.Zr/c1-11-5-6-12(2)15-10-13(9-14(11)15)16-7-3-4-8-16;1-2-4-5-3-1;;;/h3-10H,1-2H3;1-3H,4H2;2*1H;/q;;;;+2/p-2. The topological polar surface area (TPSA) is 4.93 Å². The first-order valence-electron chi connectivity index (χ1n) is 7.81. The number of benzene rings is 1. The Balaban J connectivity index is 0.00000104. The predicted molar refractivity (Wildman–Crippen MR) is 89.1 cm³/mol. The summed E-state index contributed by atoms with van der Waals surface area (Å²) >= 11 is -0.669. The number of nitrogens with zero attached hydrogens (tertiary/aromatic N) is 1. The largest absolute Gasteiger partial charge is 1.00 e. The predicted octanol–water partition coefficient (Wildman–Crippen LogP) is -0.908. The molecule has 1 nitrogen and oxygen atoms in total. The van der Waals surface area contributed by atoms with E-state index in [4.69, 9.17) is 0 Å². The van der Waals surface area contributed by atoms with Gasteiger partial charge in [0.2, 0.25) is 0 Å². The third-order valence-corrected chi connectivity index (χ3v) is 8.57. The van der Waals surface area contributed by atoms with Crippen molar-refractivity contribution < 1.29 is 32.6 Å². The SMILES string of the molecule is Cc1ccc(C)c2c1C=C(n1cccc1)[CH]2[Zr+2][C]1=CC=CC1.[F-].[F-]. The number of hydrogen-bond donors (Lipinski definition) is 0. The number of aromatic nitrogens is 1. The summed E-state index contributed by atoms with van der Waals surface area (Å²) in [4.78, 5) is 0. The second kappa shape index (κ2) is 7.57. The molecule has 0 saturated heterocycles. The van der Waals surface area contributed by atoms with Crippen molar-refractivity contribution in [2.75, 3.05) is 0 Å². The molecule has 0 saturated carbocycles. The molecule has 0 bridgehead atoms. The molecule has 2 aromatic rings. The normalized spacial score (nSPS) is 17.3. The molecule has 4 heteroatoms. The van der Waals surface area contributed by atoms with E-state index in [1.54, 1.807) is 8.84 Å². The van der Waals surface area contributed by atoms with Crippen LogP contribution in [0.2, 0.25) is 0 Å². The third-order valence-electron chi connectivity index (χ3n) is 4.60. The summed E-state index contributed by atoms with van der Waals surface area (Å²) in [6.45, 7) is 4.52. The van der Waals surface area contributed by atoms with Crippen LogP contribution in [0.3, 0.4) is 0 Å². The molecule has 0 fully saturated rings. The Labute approximate surface area is 153 Å². The zero-order valence-electron chi connectivity index (χ0n) is 13.8. The number of fused-ring (bicyclic) bond motifs is 1. The first kappa shape index (κ1) is 18.8. The monoisotopic (exact) mass is 401 g/mol. The first-order chi connectivity index (χ1) is 10.7. The van der Waals surface area contributed by atoms with Crippen LogP contribution in [-0.2, 0) is 23.2 Å². The van der Waals surface area contributed by atoms with Gasteiger partial charge in [0, 0.05) is 0 Å². The molecule has 0 spiro atoms. The quantitative estimate of drug-likeness (QED) is 0.627. The summed E-state index contributed by atoms with van der Waals surface area (Å²) < 4.78 is 4.67. The molecule has 0 N–H and O–H groups in total. The van der Waals surface area contributed by atoms with E-state index in [1.807, 2.05) is 0 Å². The van der Waals surface area contributed by atoms with Gasteiger partial charge in [0.05, 0.1) is 0 Å². The molecule has 0 radical (unpaired) electrons. The Morgan fingerprint density at radius 3 is 2.42 bits per heavy atom. The Hall–Kier alpha value is -1.54. The first-order valence-corrected chi connectivity index (χ1v) is 10.5. The summed E-state index contributed by atoms with van der Waals surface area (Å²) in [5.41, 5.74) is 7.42. The Bertz CT molecular complexity index is 816. The summed E-state index contributed by atoms with van der Waals surface area (Å²) in [6.07, 6.45) is 14.9. The average Bonchev–Trinajstić information content (AvgIpc) is 3.24. The van der Waals surface area contributed by atoms with Crippen molar-refractivity contribution in [2.45, 2.75) is 23.9 Å². The maximum Gasteiger partial charge on any atom is -1.00 e. The van der Waals surface area contributed by atoms with E-state index in [2.05, 4.69) is 79.4 Å². The number of rotatable bonds is 3. The van der Waals surface area contributed by atoms with Crippen molar-refractivity contribution in [3.05, 3.63) is 80.4 Å². The molecule has 1 heterocycles. The Kier molecular flexibility index (Phi) is 5.93. The van der Waals surface area contributed by atoms with Gasteiger partial charge in [0.25, 0.3) is 0 Å². The van der Waals surface area contributed by atoms with E-state index in [0.29, 0.717) is 3.63 Å². The molecule has 4 rings (SSSR count). The molecule has 0 amide bonds. The van der Waals surface area contributed by atoms with Crippen molar-refractivity contribution in [2.24, 2.45) is 0 Å². The minimum atomic E-state index is -0.669. The van der Waals surface area contributed by atoms with Gasteiger partial charge in [-0.1, -0.05) is 0 Å². The average molecular weight is 403 g/mol. The maximum atomic E-state index is 2.44. The fraction of sp³-hybridized carbons (Fsp3) is 0.200. The van der Waals surface area contributed by atoms with Gasteiger partial charge in [-0.05, 0) is 0 Å². The summed E-state index contributed by atoms with van der Waals surface area (Å²) in [7, 11) is 0. The molecule has 1 aromatic heterocycles. The van der Waals surface area contributed by atoms with E-state index >= 15 is 0 Å². The number of hydrogen-bond acceptors (Lipinski definition) is 0. The van der Waals surface area contributed by atoms with E-state index < -0.39 is 23.2 Å². The molecule has 2 aliphatic carbocycles.